The van der Waals surface area contributed by atoms with Crippen LogP contribution in [-0.4, -0.2) is 11.1 Å². The normalized spacial score (nSPS) is 11.8. The molecule has 22 heavy (non-hydrogen) atoms. The fourth-order valence-electron chi connectivity index (χ4n) is 1.99. The Bertz CT molecular complexity index is 843. The van der Waals surface area contributed by atoms with Crippen LogP contribution in [0.4, 0.5) is 5.82 Å². The van der Waals surface area contributed by atoms with Crippen molar-refractivity contribution in [2.75, 3.05) is 5.32 Å². The molecule has 0 unspecified atom stereocenters. The summed E-state index contributed by atoms with van der Waals surface area (Å²) < 4.78 is 10.7. The lowest BCUT2D eigenvalue weighted by Gasteiger charge is -2.11. The minimum Gasteiger partial charge on any atom is -0.451 e. The summed E-state index contributed by atoms with van der Waals surface area (Å²) in [5, 5.41) is 7.86. The predicted octanol–water partition coefficient (Wildman–Crippen LogP) is 4.62. The number of carbonyl (C=O) groups is 1. The standard InChI is InChI=1S/C16H15ClN2O3/c1-16(2,3)13-8-14(19-22-13)18-15(20)12-7-9-6-10(17)4-5-11(9)21-12/h4-8H,1-3H3,(H,18,19,20). The summed E-state index contributed by atoms with van der Waals surface area (Å²) in [6.45, 7) is 6.01. The third-order valence-electron chi connectivity index (χ3n) is 3.19. The number of fused-ring (bicyclic) bond motifs is 1. The minimum atomic E-state index is -0.388. The Morgan fingerprint density at radius 3 is 2.68 bits per heavy atom. The average molecular weight is 319 g/mol. The van der Waals surface area contributed by atoms with Gasteiger partial charge >= 0.3 is 0 Å². The maximum absolute atomic E-state index is 12.2. The predicted molar refractivity (Wildman–Crippen MR) is 84.4 cm³/mol. The lowest BCUT2D eigenvalue weighted by atomic mass is 9.93. The van der Waals surface area contributed by atoms with E-state index in [4.69, 9.17) is 20.5 Å². The molecule has 5 nitrogen and oxygen atoms in total. The lowest BCUT2D eigenvalue weighted by molar-refractivity contribution is 0.0998. The highest BCUT2D eigenvalue weighted by Crippen LogP contribution is 2.26. The summed E-state index contributed by atoms with van der Waals surface area (Å²) >= 11 is 5.92. The number of anilines is 1. The van der Waals surface area contributed by atoms with Crippen LogP contribution in [-0.2, 0) is 5.41 Å². The van der Waals surface area contributed by atoms with Gasteiger partial charge in [0.1, 0.15) is 11.3 Å². The van der Waals surface area contributed by atoms with Crippen molar-refractivity contribution in [1.82, 2.24) is 5.16 Å². The van der Waals surface area contributed by atoms with Crippen molar-refractivity contribution in [3.63, 3.8) is 0 Å². The van der Waals surface area contributed by atoms with Crippen LogP contribution in [0.2, 0.25) is 5.02 Å². The van der Waals surface area contributed by atoms with Gasteiger partial charge in [-0.1, -0.05) is 37.5 Å². The van der Waals surface area contributed by atoms with Crippen molar-refractivity contribution in [3.8, 4) is 0 Å². The van der Waals surface area contributed by atoms with Gasteiger partial charge in [-0.25, -0.2) is 0 Å². The summed E-state index contributed by atoms with van der Waals surface area (Å²) in [4.78, 5) is 12.2. The number of nitrogens with one attached hydrogen (secondary N) is 1. The van der Waals surface area contributed by atoms with Crippen LogP contribution in [0.5, 0.6) is 0 Å². The molecule has 0 saturated heterocycles. The van der Waals surface area contributed by atoms with Gasteiger partial charge in [0.15, 0.2) is 11.6 Å². The highest BCUT2D eigenvalue weighted by Gasteiger charge is 2.21. The number of amides is 1. The Labute approximate surface area is 132 Å². The molecule has 0 spiro atoms. The lowest BCUT2D eigenvalue weighted by Crippen LogP contribution is -2.11. The van der Waals surface area contributed by atoms with Crippen LogP contribution in [0.3, 0.4) is 0 Å². The van der Waals surface area contributed by atoms with E-state index in [0.717, 1.165) is 5.39 Å². The third-order valence-corrected chi connectivity index (χ3v) is 3.43. The second-order valence-electron chi connectivity index (χ2n) is 6.07. The Kier molecular flexibility index (Phi) is 3.45. The number of hydrogen-bond donors (Lipinski definition) is 1. The van der Waals surface area contributed by atoms with E-state index < -0.39 is 0 Å². The number of benzene rings is 1. The number of aromatic nitrogens is 1. The van der Waals surface area contributed by atoms with Gasteiger partial charge < -0.3 is 14.3 Å². The molecule has 0 aliphatic carbocycles. The fraction of sp³-hybridized carbons (Fsp3) is 0.250. The van der Waals surface area contributed by atoms with Crippen LogP contribution in [0.1, 0.15) is 37.1 Å². The van der Waals surface area contributed by atoms with Crippen LogP contribution in [0, 0.1) is 0 Å². The number of nitrogens with zero attached hydrogens (tertiary/aromatic N) is 1. The second-order valence-corrected chi connectivity index (χ2v) is 6.51. The van der Waals surface area contributed by atoms with E-state index >= 15 is 0 Å². The summed E-state index contributed by atoms with van der Waals surface area (Å²) in [6, 6.07) is 8.52. The first-order valence-electron chi connectivity index (χ1n) is 6.80. The zero-order valence-corrected chi connectivity index (χ0v) is 13.2. The summed E-state index contributed by atoms with van der Waals surface area (Å²) in [5.74, 6) is 0.853. The van der Waals surface area contributed by atoms with Crippen molar-refractivity contribution in [1.29, 1.82) is 0 Å². The molecule has 0 fully saturated rings. The van der Waals surface area contributed by atoms with Crippen LogP contribution < -0.4 is 5.32 Å². The van der Waals surface area contributed by atoms with E-state index in [-0.39, 0.29) is 17.1 Å². The molecular weight excluding hydrogens is 304 g/mol. The number of hydrogen-bond acceptors (Lipinski definition) is 4. The molecule has 2 aromatic heterocycles. The topological polar surface area (TPSA) is 68.3 Å². The molecule has 0 aliphatic heterocycles. The number of halogens is 1. The van der Waals surface area contributed by atoms with E-state index in [2.05, 4.69) is 10.5 Å². The van der Waals surface area contributed by atoms with Gasteiger partial charge in [0, 0.05) is 21.9 Å². The van der Waals surface area contributed by atoms with Crippen molar-refractivity contribution in [2.45, 2.75) is 26.2 Å². The molecule has 2 heterocycles. The number of carbonyl (C=O) groups excluding carboxylic acids is 1. The zero-order valence-electron chi connectivity index (χ0n) is 12.4. The number of rotatable bonds is 2. The van der Waals surface area contributed by atoms with Crippen molar-refractivity contribution in [3.05, 3.63) is 46.9 Å². The van der Waals surface area contributed by atoms with E-state index in [9.17, 15) is 4.79 Å². The SMILES string of the molecule is CC(C)(C)c1cc(NC(=O)c2cc3cc(Cl)ccc3o2)no1. The third kappa shape index (κ3) is 2.85. The zero-order chi connectivity index (χ0) is 15.9. The Balaban J connectivity index is 1.82. The molecule has 1 aromatic carbocycles. The largest absolute Gasteiger partial charge is 0.451 e. The van der Waals surface area contributed by atoms with Crippen molar-refractivity contribution < 1.29 is 13.7 Å². The van der Waals surface area contributed by atoms with Crippen LogP contribution in [0.25, 0.3) is 11.0 Å². The van der Waals surface area contributed by atoms with Gasteiger partial charge in [-0.3, -0.25) is 4.79 Å². The molecule has 1 N–H and O–H groups in total. The summed E-state index contributed by atoms with van der Waals surface area (Å²) in [6.07, 6.45) is 0. The average Bonchev–Trinajstić information content (AvgIpc) is 3.03. The Hall–Kier alpha value is -2.27. The summed E-state index contributed by atoms with van der Waals surface area (Å²) in [5.41, 5.74) is 0.427. The van der Waals surface area contributed by atoms with Gasteiger partial charge in [0.25, 0.3) is 5.91 Å². The molecule has 0 saturated carbocycles. The van der Waals surface area contributed by atoms with Gasteiger partial charge in [0.2, 0.25) is 0 Å². The molecule has 0 bridgehead atoms. The van der Waals surface area contributed by atoms with Crippen molar-refractivity contribution >= 4 is 34.3 Å². The van der Waals surface area contributed by atoms with Crippen LogP contribution >= 0.6 is 11.6 Å². The molecule has 114 valence electrons. The number of furan rings is 1. The molecule has 6 heteroatoms. The fourth-order valence-corrected chi connectivity index (χ4v) is 2.17. The smallest absolute Gasteiger partial charge is 0.292 e. The first-order valence-corrected chi connectivity index (χ1v) is 7.18. The molecule has 0 atom stereocenters. The van der Waals surface area contributed by atoms with Crippen molar-refractivity contribution in [2.24, 2.45) is 0 Å². The summed E-state index contributed by atoms with van der Waals surface area (Å²) in [7, 11) is 0. The van der Waals surface area contributed by atoms with Crippen LogP contribution in [0.15, 0.2) is 39.3 Å². The van der Waals surface area contributed by atoms with E-state index in [1.807, 2.05) is 20.8 Å². The van der Waals surface area contributed by atoms with E-state index in [0.29, 0.717) is 22.2 Å². The monoisotopic (exact) mass is 318 g/mol. The maximum Gasteiger partial charge on any atom is 0.292 e. The highest BCUT2D eigenvalue weighted by atomic mass is 35.5. The van der Waals surface area contributed by atoms with E-state index in [1.165, 1.54) is 0 Å². The second kappa shape index (κ2) is 5.18. The molecule has 0 aliphatic rings. The first kappa shape index (κ1) is 14.7. The quantitative estimate of drug-likeness (QED) is 0.748. The van der Waals surface area contributed by atoms with Gasteiger partial charge in [-0.2, -0.15) is 0 Å². The Morgan fingerprint density at radius 2 is 2.00 bits per heavy atom. The van der Waals surface area contributed by atoms with Gasteiger partial charge in [-0.15, -0.1) is 0 Å². The van der Waals surface area contributed by atoms with Gasteiger partial charge in [-0.05, 0) is 24.3 Å². The first-order chi connectivity index (χ1) is 10.3. The molecule has 0 radical (unpaired) electrons. The molecule has 3 rings (SSSR count). The highest BCUT2D eigenvalue weighted by molar-refractivity contribution is 6.31. The van der Waals surface area contributed by atoms with Gasteiger partial charge in [0.05, 0.1) is 0 Å². The molecule has 3 aromatic rings. The van der Waals surface area contributed by atoms with E-state index in [1.54, 1.807) is 30.3 Å². The molecular formula is C16H15ClN2O3. The minimum absolute atomic E-state index is 0.175. The Morgan fingerprint density at radius 1 is 1.23 bits per heavy atom. The molecule has 1 amide bonds. The maximum atomic E-state index is 12.2.